The van der Waals surface area contributed by atoms with Crippen LogP contribution < -0.4 is 14.2 Å². The van der Waals surface area contributed by atoms with Gasteiger partial charge < -0.3 is 19.3 Å². The summed E-state index contributed by atoms with van der Waals surface area (Å²) in [5.74, 6) is 0.140. The standard InChI is InChI=1S/C15H13NO5/c17-15(18)11-7-13-14(21-9-20-13)8-12(11)19-6-3-10-1-4-16-5-2-10/h1-2,4-5,7-8H,3,6,9H2,(H,17,18). The second-order valence-corrected chi connectivity index (χ2v) is 4.46. The maximum absolute atomic E-state index is 11.3. The molecule has 0 atom stereocenters. The summed E-state index contributed by atoms with van der Waals surface area (Å²) in [4.78, 5) is 15.2. The fourth-order valence-corrected chi connectivity index (χ4v) is 2.04. The highest BCUT2D eigenvalue weighted by Crippen LogP contribution is 2.38. The normalized spacial score (nSPS) is 12.2. The topological polar surface area (TPSA) is 77.9 Å². The molecule has 6 nitrogen and oxygen atoms in total. The number of pyridine rings is 1. The van der Waals surface area contributed by atoms with Crippen LogP contribution in [0.4, 0.5) is 0 Å². The SMILES string of the molecule is O=C(O)c1cc2c(cc1OCCc1ccncc1)OCO2. The Balaban J connectivity index is 1.74. The van der Waals surface area contributed by atoms with Gasteiger partial charge in [0.2, 0.25) is 6.79 Å². The molecule has 0 amide bonds. The van der Waals surface area contributed by atoms with Crippen LogP contribution >= 0.6 is 0 Å². The summed E-state index contributed by atoms with van der Waals surface area (Å²) < 4.78 is 16.0. The number of hydrogen-bond acceptors (Lipinski definition) is 5. The summed E-state index contributed by atoms with van der Waals surface area (Å²) >= 11 is 0. The van der Waals surface area contributed by atoms with Gasteiger partial charge in [-0.15, -0.1) is 0 Å². The van der Waals surface area contributed by atoms with Gasteiger partial charge in [0, 0.05) is 30.9 Å². The van der Waals surface area contributed by atoms with Gasteiger partial charge in [0.25, 0.3) is 0 Å². The van der Waals surface area contributed by atoms with Gasteiger partial charge in [0.1, 0.15) is 11.3 Å². The number of carboxylic acid groups (broad SMARTS) is 1. The van der Waals surface area contributed by atoms with Crippen LogP contribution in [0, 0.1) is 0 Å². The number of carbonyl (C=O) groups is 1. The Kier molecular flexibility index (Phi) is 3.59. The number of benzene rings is 1. The van der Waals surface area contributed by atoms with Crippen LogP contribution in [0.15, 0.2) is 36.7 Å². The van der Waals surface area contributed by atoms with Crippen LogP contribution in [0.25, 0.3) is 0 Å². The molecule has 1 aromatic carbocycles. The molecule has 1 N–H and O–H groups in total. The number of ether oxygens (including phenoxy) is 3. The van der Waals surface area contributed by atoms with E-state index in [2.05, 4.69) is 4.98 Å². The summed E-state index contributed by atoms with van der Waals surface area (Å²) in [6.45, 7) is 0.457. The zero-order valence-corrected chi connectivity index (χ0v) is 11.1. The minimum absolute atomic E-state index is 0.0639. The van der Waals surface area contributed by atoms with Crippen LogP contribution in [0.1, 0.15) is 15.9 Å². The van der Waals surface area contributed by atoms with E-state index in [1.54, 1.807) is 18.5 Å². The first-order valence-corrected chi connectivity index (χ1v) is 6.42. The van der Waals surface area contributed by atoms with Crippen molar-refractivity contribution in [1.82, 2.24) is 4.98 Å². The van der Waals surface area contributed by atoms with Gasteiger partial charge in [-0.1, -0.05) is 0 Å². The third-order valence-electron chi connectivity index (χ3n) is 3.10. The van der Waals surface area contributed by atoms with Crippen molar-refractivity contribution in [3.8, 4) is 17.2 Å². The monoisotopic (exact) mass is 287 g/mol. The van der Waals surface area contributed by atoms with Crippen molar-refractivity contribution in [1.29, 1.82) is 0 Å². The molecule has 108 valence electrons. The molecule has 1 aromatic heterocycles. The zero-order valence-electron chi connectivity index (χ0n) is 11.1. The Morgan fingerprint density at radius 3 is 2.67 bits per heavy atom. The predicted molar refractivity (Wildman–Crippen MR) is 73.0 cm³/mol. The lowest BCUT2D eigenvalue weighted by atomic mass is 10.1. The van der Waals surface area contributed by atoms with Crippen LogP contribution in [0.2, 0.25) is 0 Å². The van der Waals surface area contributed by atoms with E-state index in [4.69, 9.17) is 14.2 Å². The van der Waals surface area contributed by atoms with E-state index in [1.165, 1.54) is 6.07 Å². The van der Waals surface area contributed by atoms with Crippen molar-refractivity contribution < 1.29 is 24.1 Å². The molecule has 0 spiro atoms. The third-order valence-corrected chi connectivity index (χ3v) is 3.10. The second kappa shape index (κ2) is 5.70. The Hall–Kier alpha value is -2.76. The van der Waals surface area contributed by atoms with E-state index in [9.17, 15) is 9.90 Å². The van der Waals surface area contributed by atoms with Gasteiger partial charge in [-0.05, 0) is 17.7 Å². The first kappa shape index (κ1) is 13.2. The molecule has 0 bridgehead atoms. The second-order valence-electron chi connectivity index (χ2n) is 4.46. The van der Waals surface area contributed by atoms with Crippen LogP contribution in [-0.4, -0.2) is 29.5 Å². The van der Waals surface area contributed by atoms with E-state index in [1.807, 2.05) is 12.1 Å². The molecule has 6 heteroatoms. The summed E-state index contributed by atoms with van der Waals surface area (Å²) in [6, 6.07) is 6.76. The summed E-state index contributed by atoms with van der Waals surface area (Å²) in [6.07, 6.45) is 4.08. The number of aromatic nitrogens is 1. The lowest BCUT2D eigenvalue weighted by Crippen LogP contribution is -2.06. The number of aromatic carboxylic acids is 1. The molecule has 2 heterocycles. The quantitative estimate of drug-likeness (QED) is 0.907. The number of hydrogen-bond donors (Lipinski definition) is 1. The average Bonchev–Trinajstić information content (AvgIpc) is 2.94. The summed E-state index contributed by atoms with van der Waals surface area (Å²) in [5, 5.41) is 9.23. The van der Waals surface area contributed by atoms with Crippen molar-refractivity contribution in [3.05, 3.63) is 47.8 Å². The molecule has 0 fully saturated rings. The van der Waals surface area contributed by atoms with Gasteiger partial charge in [0.05, 0.1) is 6.61 Å². The molecule has 3 rings (SSSR count). The minimum atomic E-state index is -1.06. The number of fused-ring (bicyclic) bond motifs is 1. The van der Waals surface area contributed by atoms with Crippen molar-refractivity contribution in [2.45, 2.75) is 6.42 Å². The summed E-state index contributed by atoms with van der Waals surface area (Å²) in [5.41, 5.74) is 1.14. The first-order chi connectivity index (χ1) is 10.2. The van der Waals surface area contributed by atoms with Gasteiger partial charge in [0.15, 0.2) is 11.5 Å². The van der Waals surface area contributed by atoms with E-state index in [0.29, 0.717) is 24.5 Å². The van der Waals surface area contributed by atoms with E-state index in [-0.39, 0.29) is 18.1 Å². The molecule has 1 aliphatic heterocycles. The largest absolute Gasteiger partial charge is 0.492 e. The van der Waals surface area contributed by atoms with Gasteiger partial charge in [-0.25, -0.2) is 4.79 Å². The van der Waals surface area contributed by atoms with E-state index in [0.717, 1.165) is 5.56 Å². The maximum Gasteiger partial charge on any atom is 0.339 e. The highest BCUT2D eigenvalue weighted by molar-refractivity contribution is 5.92. The first-order valence-electron chi connectivity index (χ1n) is 6.42. The molecule has 0 saturated heterocycles. The Bertz CT molecular complexity index is 657. The predicted octanol–water partition coefficient (Wildman–Crippen LogP) is 2.13. The van der Waals surface area contributed by atoms with Crippen LogP contribution in [-0.2, 0) is 6.42 Å². The van der Waals surface area contributed by atoms with Crippen molar-refractivity contribution in [2.24, 2.45) is 0 Å². The number of nitrogens with zero attached hydrogens (tertiary/aromatic N) is 1. The lowest BCUT2D eigenvalue weighted by Gasteiger charge is -2.10. The zero-order chi connectivity index (χ0) is 14.7. The molecular weight excluding hydrogens is 274 g/mol. The highest BCUT2D eigenvalue weighted by Gasteiger charge is 2.21. The molecule has 0 saturated carbocycles. The van der Waals surface area contributed by atoms with Crippen molar-refractivity contribution in [2.75, 3.05) is 13.4 Å². The van der Waals surface area contributed by atoms with Gasteiger partial charge >= 0.3 is 5.97 Å². The van der Waals surface area contributed by atoms with Crippen molar-refractivity contribution >= 4 is 5.97 Å². The molecule has 0 unspecified atom stereocenters. The molecule has 1 aliphatic rings. The number of rotatable bonds is 5. The third kappa shape index (κ3) is 2.89. The Morgan fingerprint density at radius 1 is 1.24 bits per heavy atom. The maximum atomic E-state index is 11.3. The van der Waals surface area contributed by atoms with Crippen LogP contribution in [0.3, 0.4) is 0 Å². The smallest absolute Gasteiger partial charge is 0.339 e. The Morgan fingerprint density at radius 2 is 1.95 bits per heavy atom. The minimum Gasteiger partial charge on any atom is -0.492 e. The fourth-order valence-electron chi connectivity index (χ4n) is 2.04. The van der Waals surface area contributed by atoms with E-state index >= 15 is 0 Å². The van der Waals surface area contributed by atoms with Crippen molar-refractivity contribution in [3.63, 3.8) is 0 Å². The fraction of sp³-hybridized carbons (Fsp3) is 0.200. The number of carboxylic acids is 1. The molecule has 0 aliphatic carbocycles. The average molecular weight is 287 g/mol. The van der Waals surface area contributed by atoms with Gasteiger partial charge in [-0.2, -0.15) is 0 Å². The molecule has 2 aromatic rings. The van der Waals surface area contributed by atoms with Crippen LogP contribution in [0.5, 0.6) is 17.2 Å². The summed E-state index contributed by atoms with van der Waals surface area (Å²) in [7, 11) is 0. The van der Waals surface area contributed by atoms with E-state index < -0.39 is 5.97 Å². The van der Waals surface area contributed by atoms with Gasteiger partial charge in [-0.3, -0.25) is 4.98 Å². The molecule has 0 radical (unpaired) electrons. The highest BCUT2D eigenvalue weighted by atomic mass is 16.7. The molecular formula is C15H13NO5. The Labute approximate surface area is 120 Å². The molecule has 21 heavy (non-hydrogen) atoms. The lowest BCUT2D eigenvalue weighted by molar-refractivity contribution is 0.0692.